The zero-order chi connectivity index (χ0) is 43.2. The number of anilines is 1. The van der Waals surface area contributed by atoms with E-state index in [1.54, 1.807) is 30.3 Å². The van der Waals surface area contributed by atoms with Crippen molar-refractivity contribution in [3.8, 4) is 11.5 Å². The van der Waals surface area contributed by atoms with Gasteiger partial charge in [0.2, 0.25) is 5.91 Å². The molecule has 5 heterocycles. The number of benzene rings is 4. The number of alkyl halides is 3. The lowest BCUT2D eigenvalue weighted by molar-refractivity contribution is -0.137. The summed E-state index contributed by atoms with van der Waals surface area (Å²) in [5.74, 6) is 0.636. The van der Waals surface area contributed by atoms with Gasteiger partial charge in [0.05, 0.1) is 29.0 Å². The molecule has 4 aliphatic rings. The van der Waals surface area contributed by atoms with Crippen molar-refractivity contribution in [2.75, 3.05) is 31.1 Å². The highest BCUT2D eigenvalue weighted by molar-refractivity contribution is 6.00. The number of hydrogen-bond donors (Lipinski definition) is 2. The fourth-order valence-electron chi connectivity index (χ4n) is 9.83. The number of rotatable bonds is 9. The van der Waals surface area contributed by atoms with Gasteiger partial charge in [0, 0.05) is 60.8 Å². The van der Waals surface area contributed by atoms with Crippen LogP contribution in [0.25, 0.3) is 10.8 Å². The predicted molar refractivity (Wildman–Crippen MR) is 231 cm³/mol. The minimum atomic E-state index is -4.43. The number of likely N-dealkylation sites (tertiary alicyclic amines) is 1. The molecule has 322 valence electrons. The van der Waals surface area contributed by atoms with Crippen molar-refractivity contribution >= 4 is 34.2 Å². The van der Waals surface area contributed by atoms with Gasteiger partial charge in [0.15, 0.2) is 0 Å². The van der Waals surface area contributed by atoms with Gasteiger partial charge in [-0.1, -0.05) is 18.2 Å². The Morgan fingerprint density at radius 2 is 1.66 bits per heavy atom. The van der Waals surface area contributed by atoms with Crippen molar-refractivity contribution in [3.63, 3.8) is 0 Å². The van der Waals surface area contributed by atoms with Crippen molar-refractivity contribution in [1.29, 1.82) is 0 Å². The number of nitrogens with zero attached hydrogens (tertiary/aromatic N) is 4. The van der Waals surface area contributed by atoms with Crippen molar-refractivity contribution in [2.45, 2.75) is 89.8 Å². The third-order valence-corrected chi connectivity index (χ3v) is 13.6. The number of ether oxygens (including phenoxy) is 1. The molecule has 3 unspecified atom stereocenters. The molecule has 4 aliphatic heterocycles. The Morgan fingerprint density at radius 1 is 0.919 bits per heavy atom. The second-order valence-electron chi connectivity index (χ2n) is 17.6. The van der Waals surface area contributed by atoms with E-state index in [1.165, 1.54) is 17.8 Å². The molecule has 62 heavy (non-hydrogen) atoms. The summed E-state index contributed by atoms with van der Waals surface area (Å²) < 4.78 is 45.0. The van der Waals surface area contributed by atoms with E-state index in [0.717, 1.165) is 104 Å². The molecule has 3 saturated heterocycles. The minimum Gasteiger partial charge on any atom is -0.457 e. The fourth-order valence-corrected chi connectivity index (χ4v) is 9.83. The standard InChI is InChI=1S/C49H51F3N6O4/c1-31(54-46(60)34-9-15-40-33(27-34)5-3-8-44(40)62-39-13-10-36(11-14-39)49(50,51)52)42-7-4-6-37(55-42)30-56-23-19-48(20-24-56)21-25-57(26-22-48)38-12-16-41-35(28-38)29-58(47(41)61)43-17-18-45(59)53-32(43)2/h3-16,27-28,31-32,43H,17-26,29-30H2,1-2H3,(H,53,59)(H,54,60). The molecule has 2 N–H and O–H groups in total. The second kappa shape index (κ2) is 16.7. The summed E-state index contributed by atoms with van der Waals surface area (Å²) in [5, 5.41) is 7.59. The molecule has 1 spiro atoms. The molecular weight excluding hydrogens is 794 g/mol. The highest BCUT2D eigenvalue weighted by Crippen LogP contribution is 2.43. The summed E-state index contributed by atoms with van der Waals surface area (Å²) >= 11 is 0. The van der Waals surface area contributed by atoms with Gasteiger partial charge >= 0.3 is 6.18 Å². The van der Waals surface area contributed by atoms with E-state index in [-0.39, 0.29) is 41.6 Å². The summed E-state index contributed by atoms with van der Waals surface area (Å²) in [4.78, 5) is 50.6. The molecule has 3 amide bonds. The molecule has 9 rings (SSSR count). The first-order valence-corrected chi connectivity index (χ1v) is 21.7. The molecule has 10 nitrogen and oxygen atoms in total. The van der Waals surface area contributed by atoms with Gasteiger partial charge in [0.1, 0.15) is 11.5 Å². The van der Waals surface area contributed by atoms with Crippen LogP contribution in [0.3, 0.4) is 0 Å². The molecule has 0 saturated carbocycles. The van der Waals surface area contributed by atoms with Crippen LogP contribution in [0.1, 0.15) is 102 Å². The van der Waals surface area contributed by atoms with Gasteiger partial charge in [-0.25, -0.2) is 0 Å². The van der Waals surface area contributed by atoms with E-state index in [2.05, 4.69) is 32.6 Å². The van der Waals surface area contributed by atoms with E-state index >= 15 is 0 Å². The molecule has 3 atom stereocenters. The molecule has 4 aromatic carbocycles. The number of piperidine rings is 3. The van der Waals surface area contributed by atoms with Crippen molar-refractivity contribution < 1.29 is 32.3 Å². The maximum atomic E-state index is 13.5. The fraction of sp³-hybridized carbons (Fsp3) is 0.388. The van der Waals surface area contributed by atoms with E-state index in [4.69, 9.17) is 9.72 Å². The summed E-state index contributed by atoms with van der Waals surface area (Å²) in [6.07, 6.45) is 1.30. The summed E-state index contributed by atoms with van der Waals surface area (Å²) in [7, 11) is 0. The van der Waals surface area contributed by atoms with Crippen LogP contribution in [0.5, 0.6) is 11.5 Å². The molecule has 0 aliphatic carbocycles. The molecular formula is C49H51F3N6O4. The monoisotopic (exact) mass is 844 g/mol. The van der Waals surface area contributed by atoms with Crippen LogP contribution in [-0.2, 0) is 24.1 Å². The Bertz CT molecular complexity index is 2490. The Balaban J connectivity index is 0.758. The van der Waals surface area contributed by atoms with Gasteiger partial charge in [-0.2, -0.15) is 13.2 Å². The smallest absolute Gasteiger partial charge is 0.416 e. The first kappa shape index (κ1) is 41.4. The lowest BCUT2D eigenvalue weighted by Gasteiger charge is -2.47. The van der Waals surface area contributed by atoms with Gasteiger partial charge in [0.25, 0.3) is 11.8 Å². The lowest BCUT2D eigenvalue weighted by atomic mass is 9.71. The minimum absolute atomic E-state index is 0.0195. The molecule has 3 fully saturated rings. The van der Waals surface area contributed by atoms with E-state index < -0.39 is 11.7 Å². The first-order valence-electron chi connectivity index (χ1n) is 21.7. The largest absolute Gasteiger partial charge is 0.457 e. The molecule has 0 radical (unpaired) electrons. The molecule has 1 aromatic heterocycles. The third-order valence-electron chi connectivity index (χ3n) is 13.6. The molecule has 5 aromatic rings. The second-order valence-corrected chi connectivity index (χ2v) is 17.6. The number of fused-ring (bicyclic) bond motifs is 2. The SMILES string of the molecule is CC(NC(=O)c1ccc2c(Oc3ccc(C(F)(F)F)cc3)cccc2c1)c1cccc(CN2CCC3(CC2)CCN(c2ccc4c(c2)CN(C2CCC(=O)NC2C)C4=O)CC3)n1. The first-order chi connectivity index (χ1) is 29.8. The van der Waals surface area contributed by atoms with Crippen LogP contribution in [0.4, 0.5) is 18.9 Å². The summed E-state index contributed by atoms with van der Waals surface area (Å²) in [6.45, 7) is 9.26. The Hall–Kier alpha value is -5.95. The number of hydrogen-bond acceptors (Lipinski definition) is 7. The lowest BCUT2D eigenvalue weighted by Crippen LogP contribution is -2.54. The van der Waals surface area contributed by atoms with Gasteiger partial charge in [-0.05, 0) is 154 Å². The van der Waals surface area contributed by atoms with Crippen LogP contribution in [-0.4, -0.2) is 70.8 Å². The average Bonchev–Trinajstić information content (AvgIpc) is 3.59. The number of nitrogens with one attached hydrogen (secondary N) is 2. The Labute approximate surface area is 359 Å². The topological polar surface area (TPSA) is 107 Å². The highest BCUT2D eigenvalue weighted by Gasteiger charge is 2.40. The third kappa shape index (κ3) is 8.59. The van der Waals surface area contributed by atoms with Crippen LogP contribution in [0, 0.1) is 5.41 Å². The van der Waals surface area contributed by atoms with Gasteiger partial charge < -0.3 is 25.2 Å². The zero-order valence-corrected chi connectivity index (χ0v) is 35.0. The maximum Gasteiger partial charge on any atom is 0.416 e. The normalized spacial score (nSPS) is 20.9. The van der Waals surface area contributed by atoms with Crippen LogP contribution < -0.4 is 20.3 Å². The Morgan fingerprint density at radius 3 is 2.40 bits per heavy atom. The average molecular weight is 845 g/mol. The number of aromatic nitrogens is 1. The summed E-state index contributed by atoms with van der Waals surface area (Å²) in [5.41, 5.74) is 4.86. The number of halogens is 3. The number of pyridine rings is 1. The van der Waals surface area contributed by atoms with Crippen LogP contribution in [0.2, 0.25) is 0 Å². The number of amides is 3. The number of carbonyl (C=O) groups is 3. The van der Waals surface area contributed by atoms with E-state index in [0.29, 0.717) is 36.1 Å². The highest BCUT2D eigenvalue weighted by atomic mass is 19.4. The number of carbonyl (C=O) groups excluding carboxylic acids is 3. The van der Waals surface area contributed by atoms with Crippen LogP contribution in [0.15, 0.2) is 97.1 Å². The quantitative estimate of drug-likeness (QED) is 0.153. The molecule has 0 bridgehead atoms. The summed E-state index contributed by atoms with van der Waals surface area (Å²) in [6, 6.07) is 27.1. The van der Waals surface area contributed by atoms with Gasteiger partial charge in [-0.15, -0.1) is 0 Å². The van der Waals surface area contributed by atoms with Crippen molar-refractivity contribution in [3.05, 3.63) is 131 Å². The maximum absolute atomic E-state index is 13.5. The predicted octanol–water partition coefficient (Wildman–Crippen LogP) is 9.04. The van der Waals surface area contributed by atoms with Crippen molar-refractivity contribution in [2.24, 2.45) is 5.41 Å². The van der Waals surface area contributed by atoms with Crippen LogP contribution >= 0.6 is 0 Å². The Kier molecular flexibility index (Phi) is 11.2. The van der Waals surface area contributed by atoms with Crippen molar-refractivity contribution in [1.82, 2.24) is 25.4 Å². The molecule has 13 heteroatoms. The zero-order valence-electron chi connectivity index (χ0n) is 35.0. The van der Waals surface area contributed by atoms with Gasteiger partial charge in [-0.3, -0.25) is 24.3 Å². The van der Waals surface area contributed by atoms with E-state index in [1.807, 2.05) is 49.1 Å². The van der Waals surface area contributed by atoms with E-state index in [9.17, 15) is 27.6 Å².